The Morgan fingerprint density at radius 3 is 1.86 bits per heavy atom. The Labute approximate surface area is 121 Å². The monoisotopic (exact) mass is 287 g/mol. The first-order chi connectivity index (χ1) is 10.1. The van der Waals surface area contributed by atoms with Gasteiger partial charge < -0.3 is 14.2 Å². The van der Waals surface area contributed by atoms with E-state index in [9.17, 15) is 9.59 Å². The Bertz CT molecular complexity index is 620. The Morgan fingerprint density at radius 2 is 1.38 bits per heavy atom. The van der Waals surface area contributed by atoms with Crippen LogP contribution in [0.15, 0.2) is 42.5 Å². The van der Waals surface area contributed by atoms with Gasteiger partial charge in [0.25, 0.3) is 0 Å². The lowest BCUT2D eigenvalue weighted by atomic mass is 10.2. The quantitative estimate of drug-likeness (QED) is 0.804. The van der Waals surface area contributed by atoms with Gasteiger partial charge in [0.05, 0.1) is 14.2 Å². The molecule has 6 nitrogen and oxygen atoms in total. The van der Waals surface area contributed by atoms with Crippen LogP contribution in [0.3, 0.4) is 0 Å². The SMILES string of the molecule is COC(=O)c1cc(Oc2ccccc2)cc(C(=O)OC)n1. The van der Waals surface area contributed by atoms with Crippen LogP contribution in [0.5, 0.6) is 11.5 Å². The van der Waals surface area contributed by atoms with Gasteiger partial charge in [0.2, 0.25) is 0 Å². The number of nitrogens with zero attached hydrogens (tertiary/aromatic N) is 1. The van der Waals surface area contributed by atoms with Gasteiger partial charge in [0, 0.05) is 12.1 Å². The number of esters is 2. The Morgan fingerprint density at radius 1 is 0.857 bits per heavy atom. The van der Waals surface area contributed by atoms with Gasteiger partial charge >= 0.3 is 11.9 Å². The molecule has 6 heteroatoms. The predicted octanol–water partition coefficient (Wildman–Crippen LogP) is 2.45. The van der Waals surface area contributed by atoms with E-state index in [-0.39, 0.29) is 17.1 Å². The summed E-state index contributed by atoms with van der Waals surface area (Å²) in [4.78, 5) is 27.1. The van der Waals surface area contributed by atoms with Crippen LogP contribution >= 0.6 is 0 Å². The number of carbonyl (C=O) groups excluding carboxylic acids is 2. The summed E-state index contributed by atoms with van der Waals surface area (Å²) < 4.78 is 14.8. The third-order valence-corrected chi connectivity index (χ3v) is 2.57. The van der Waals surface area contributed by atoms with Gasteiger partial charge in [-0.15, -0.1) is 0 Å². The van der Waals surface area contributed by atoms with Crippen molar-refractivity contribution in [3.05, 3.63) is 53.9 Å². The van der Waals surface area contributed by atoms with Gasteiger partial charge in [-0.3, -0.25) is 0 Å². The number of para-hydroxylation sites is 1. The smallest absolute Gasteiger partial charge is 0.356 e. The van der Waals surface area contributed by atoms with Crippen LogP contribution in [0.4, 0.5) is 0 Å². The van der Waals surface area contributed by atoms with Crippen LogP contribution in [0.25, 0.3) is 0 Å². The minimum atomic E-state index is -0.668. The molecule has 0 fully saturated rings. The van der Waals surface area contributed by atoms with E-state index in [1.807, 2.05) is 6.07 Å². The first-order valence-electron chi connectivity index (χ1n) is 6.05. The third kappa shape index (κ3) is 3.56. The molecule has 0 aliphatic carbocycles. The topological polar surface area (TPSA) is 74.7 Å². The largest absolute Gasteiger partial charge is 0.464 e. The number of pyridine rings is 1. The van der Waals surface area contributed by atoms with E-state index >= 15 is 0 Å². The van der Waals surface area contributed by atoms with Crippen molar-refractivity contribution in [1.29, 1.82) is 0 Å². The van der Waals surface area contributed by atoms with Crippen molar-refractivity contribution in [3.63, 3.8) is 0 Å². The molecular weight excluding hydrogens is 274 g/mol. The first-order valence-corrected chi connectivity index (χ1v) is 6.05. The first kappa shape index (κ1) is 14.5. The zero-order chi connectivity index (χ0) is 15.2. The highest BCUT2D eigenvalue weighted by molar-refractivity contribution is 5.92. The molecule has 0 saturated heterocycles. The summed E-state index contributed by atoms with van der Waals surface area (Å²) in [7, 11) is 2.46. The lowest BCUT2D eigenvalue weighted by Gasteiger charge is -2.08. The summed E-state index contributed by atoms with van der Waals surface area (Å²) in [5, 5.41) is 0. The minimum Gasteiger partial charge on any atom is -0.464 e. The standard InChI is InChI=1S/C15H13NO5/c1-19-14(17)12-8-11(9-13(16-12)15(18)20-2)21-10-6-4-3-5-7-10/h3-9H,1-2H3. The Balaban J connectivity index is 2.39. The van der Waals surface area contributed by atoms with Gasteiger partial charge in [-0.1, -0.05) is 18.2 Å². The van der Waals surface area contributed by atoms with Crippen molar-refractivity contribution in [3.8, 4) is 11.5 Å². The second-order valence-electron chi connectivity index (χ2n) is 3.97. The number of benzene rings is 1. The fourth-order valence-electron chi connectivity index (χ4n) is 1.61. The molecule has 1 heterocycles. The highest BCUT2D eigenvalue weighted by Gasteiger charge is 2.16. The van der Waals surface area contributed by atoms with E-state index in [0.29, 0.717) is 5.75 Å². The van der Waals surface area contributed by atoms with E-state index in [1.165, 1.54) is 26.4 Å². The fraction of sp³-hybridized carbons (Fsp3) is 0.133. The molecule has 0 atom stereocenters. The summed E-state index contributed by atoms with van der Waals surface area (Å²) in [6, 6.07) is 11.7. The number of hydrogen-bond acceptors (Lipinski definition) is 6. The second-order valence-corrected chi connectivity index (χ2v) is 3.97. The summed E-state index contributed by atoms with van der Waals surface area (Å²) >= 11 is 0. The highest BCUT2D eigenvalue weighted by Crippen LogP contribution is 2.23. The fourth-order valence-corrected chi connectivity index (χ4v) is 1.61. The zero-order valence-electron chi connectivity index (χ0n) is 11.5. The second kappa shape index (κ2) is 6.51. The summed E-state index contributed by atoms with van der Waals surface area (Å²) in [6.07, 6.45) is 0. The summed E-state index contributed by atoms with van der Waals surface area (Å²) in [5.41, 5.74) is -0.0716. The van der Waals surface area contributed by atoms with Gasteiger partial charge in [-0.2, -0.15) is 0 Å². The van der Waals surface area contributed by atoms with Crippen LogP contribution < -0.4 is 4.74 Å². The molecule has 0 unspecified atom stereocenters. The van der Waals surface area contributed by atoms with E-state index in [2.05, 4.69) is 14.5 Å². The molecule has 1 aromatic heterocycles. The molecule has 0 radical (unpaired) electrons. The molecule has 0 aliphatic rings. The molecule has 21 heavy (non-hydrogen) atoms. The molecule has 0 amide bonds. The normalized spacial score (nSPS) is 9.81. The molecule has 0 bridgehead atoms. The maximum absolute atomic E-state index is 11.6. The molecule has 0 N–H and O–H groups in total. The van der Waals surface area contributed by atoms with E-state index < -0.39 is 11.9 Å². The lowest BCUT2D eigenvalue weighted by molar-refractivity contribution is 0.0585. The van der Waals surface area contributed by atoms with Gasteiger partial charge in [-0.05, 0) is 12.1 Å². The third-order valence-electron chi connectivity index (χ3n) is 2.57. The molecule has 0 saturated carbocycles. The molecule has 2 aromatic rings. The number of rotatable bonds is 4. The molecule has 1 aromatic carbocycles. The van der Waals surface area contributed by atoms with Crippen LogP contribution in [0.1, 0.15) is 21.0 Å². The van der Waals surface area contributed by atoms with Crippen LogP contribution in [-0.4, -0.2) is 31.1 Å². The van der Waals surface area contributed by atoms with Crippen LogP contribution in [-0.2, 0) is 9.47 Å². The number of aromatic nitrogens is 1. The van der Waals surface area contributed by atoms with Gasteiger partial charge in [0.1, 0.15) is 11.5 Å². The van der Waals surface area contributed by atoms with E-state index in [1.54, 1.807) is 24.3 Å². The van der Waals surface area contributed by atoms with Gasteiger partial charge in [0.15, 0.2) is 11.4 Å². The molecule has 0 aliphatic heterocycles. The highest BCUT2D eigenvalue weighted by atomic mass is 16.5. The van der Waals surface area contributed by atoms with Crippen molar-refractivity contribution >= 4 is 11.9 Å². The predicted molar refractivity (Wildman–Crippen MR) is 73.4 cm³/mol. The molecule has 2 rings (SSSR count). The number of carbonyl (C=O) groups is 2. The van der Waals surface area contributed by atoms with Crippen molar-refractivity contribution < 1.29 is 23.8 Å². The van der Waals surface area contributed by atoms with Crippen LogP contribution in [0, 0.1) is 0 Å². The lowest BCUT2D eigenvalue weighted by Crippen LogP contribution is -2.11. The maximum Gasteiger partial charge on any atom is 0.356 e. The number of ether oxygens (including phenoxy) is 3. The van der Waals surface area contributed by atoms with Crippen molar-refractivity contribution in [1.82, 2.24) is 4.98 Å². The van der Waals surface area contributed by atoms with Crippen LogP contribution in [0.2, 0.25) is 0 Å². The average molecular weight is 287 g/mol. The van der Waals surface area contributed by atoms with Gasteiger partial charge in [-0.25, -0.2) is 14.6 Å². The summed E-state index contributed by atoms with van der Waals surface area (Å²) in [6.45, 7) is 0. The Hall–Kier alpha value is -2.89. The van der Waals surface area contributed by atoms with Crippen molar-refractivity contribution in [2.75, 3.05) is 14.2 Å². The summed E-state index contributed by atoms with van der Waals surface area (Å²) in [5.74, 6) is -0.482. The zero-order valence-corrected chi connectivity index (χ0v) is 11.5. The molecule has 0 spiro atoms. The van der Waals surface area contributed by atoms with E-state index in [0.717, 1.165) is 0 Å². The average Bonchev–Trinajstić information content (AvgIpc) is 2.53. The maximum atomic E-state index is 11.6. The molecule has 108 valence electrons. The van der Waals surface area contributed by atoms with Crippen molar-refractivity contribution in [2.24, 2.45) is 0 Å². The number of methoxy groups -OCH3 is 2. The Kier molecular flexibility index (Phi) is 4.50. The molecular formula is C15H13NO5. The number of hydrogen-bond donors (Lipinski definition) is 0. The minimum absolute atomic E-state index is 0.0358. The van der Waals surface area contributed by atoms with Crippen molar-refractivity contribution in [2.45, 2.75) is 0 Å². The van der Waals surface area contributed by atoms with E-state index in [4.69, 9.17) is 4.74 Å².